The lowest BCUT2D eigenvalue weighted by molar-refractivity contribution is 1.44. The summed E-state index contributed by atoms with van der Waals surface area (Å²) >= 11 is 4.93. The average Bonchev–Trinajstić information content (AvgIpc) is 2.37. The van der Waals surface area contributed by atoms with Gasteiger partial charge in [-0.3, -0.25) is 4.98 Å². The molecule has 0 saturated carbocycles. The molecule has 0 fully saturated rings. The number of hydrogen-bond donors (Lipinski definition) is 0. The van der Waals surface area contributed by atoms with Crippen molar-refractivity contribution >= 4 is 39.3 Å². The smallest absolute Gasteiger partial charge is 0.0715 e. The fourth-order valence-corrected chi connectivity index (χ4v) is 2.16. The summed E-state index contributed by atoms with van der Waals surface area (Å²) in [4.78, 5) is 4.43. The molecule has 1 heterocycles. The molecule has 2 heteroatoms. The molecular formula is C14H8NS. The van der Waals surface area contributed by atoms with Gasteiger partial charge in [0.25, 0.3) is 0 Å². The Kier molecular flexibility index (Phi) is 2.15. The molecule has 0 aliphatic rings. The molecule has 0 spiro atoms. The largest absolute Gasteiger partial charge is 0.256 e. The van der Waals surface area contributed by atoms with E-state index in [1.54, 1.807) is 0 Å². The standard InChI is InChI=1S/C14H8NS/c16-9-11-5-3-7-13-14(11)12-6-2-1-4-10(12)8-15-13/h1-8H. The molecule has 75 valence electrons. The van der Waals surface area contributed by atoms with Crippen LogP contribution in [0.2, 0.25) is 0 Å². The highest BCUT2D eigenvalue weighted by atomic mass is 32.1. The van der Waals surface area contributed by atoms with Crippen molar-refractivity contribution in [1.82, 2.24) is 4.98 Å². The monoisotopic (exact) mass is 222 g/mol. The minimum Gasteiger partial charge on any atom is -0.256 e. The summed E-state index contributed by atoms with van der Waals surface area (Å²) in [5.74, 6) is 0. The zero-order chi connectivity index (χ0) is 11.0. The molecule has 0 aliphatic heterocycles. The Balaban J connectivity index is 2.62. The molecule has 3 aromatic rings. The van der Waals surface area contributed by atoms with Crippen molar-refractivity contribution in [3.05, 3.63) is 54.2 Å². The Morgan fingerprint density at radius 2 is 1.88 bits per heavy atom. The van der Waals surface area contributed by atoms with Crippen molar-refractivity contribution in [3.8, 4) is 0 Å². The van der Waals surface area contributed by atoms with Gasteiger partial charge in [-0.05, 0) is 11.5 Å². The van der Waals surface area contributed by atoms with E-state index in [9.17, 15) is 0 Å². The zero-order valence-electron chi connectivity index (χ0n) is 8.47. The van der Waals surface area contributed by atoms with E-state index in [1.807, 2.05) is 36.5 Å². The van der Waals surface area contributed by atoms with E-state index < -0.39 is 0 Å². The highest BCUT2D eigenvalue weighted by Crippen LogP contribution is 2.25. The minimum atomic E-state index is 0.941. The van der Waals surface area contributed by atoms with Gasteiger partial charge in [-0.15, -0.1) is 0 Å². The summed E-state index contributed by atoms with van der Waals surface area (Å²) < 4.78 is 0. The van der Waals surface area contributed by atoms with E-state index >= 15 is 0 Å². The van der Waals surface area contributed by atoms with Crippen molar-refractivity contribution in [2.24, 2.45) is 0 Å². The highest BCUT2D eigenvalue weighted by molar-refractivity contribution is 7.79. The van der Waals surface area contributed by atoms with Gasteiger partial charge in [-0.2, -0.15) is 0 Å². The Labute approximate surface area is 98.7 Å². The van der Waals surface area contributed by atoms with Crippen LogP contribution in [0.5, 0.6) is 0 Å². The number of fused-ring (bicyclic) bond motifs is 3. The number of pyridine rings is 1. The Bertz CT molecular complexity index is 688. The van der Waals surface area contributed by atoms with Gasteiger partial charge in [-0.25, -0.2) is 0 Å². The van der Waals surface area contributed by atoms with Crippen LogP contribution in [0.25, 0.3) is 21.7 Å². The van der Waals surface area contributed by atoms with Crippen molar-refractivity contribution < 1.29 is 0 Å². The summed E-state index contributed by atoms with van der Waals surface area (Å²) in [7, 11) is 0. The third-order valence-electron chi connectivity index (χ3n) is 2.73. The molecule has 0 bridgehead atoms. The van der Waals surface area contributed by atoms with Crippen LogP contribution in [0, 0.1) is 0 Å². The average molecular weight is 222 g/mol. The molecule has 2 aromatic carbocycles. The predicted octanol–water partition coefficient (Wildman–Crippen LogP) is 3.61. The Hall–Kier alpha value is -1.80. The third-order valence-corrected chi connectivity index (χ3v) is 2.95. The summed E-state index contributed by atoms with van der Waals surface area (Å²) in [6.07, 6.45) is 1.89. The van der Waals surface area contributed by atoms with Gasteiger partial charge in [0.05, 0.1) is 10.9 Å². The van der Waals surface area contributed by atoms with Gasteiger partial charge in [0, 0.05) is 22.5 Å². The molecule has 0 atom stereocenters. The van der Waals surface area contributed by atoms with E-state index in [4.69, 9.17) is 12.2 Å². The first-order valence-electron chi connectivity index (χ1n) is 5.05. The molecule has 0 N–H and O–H groups in total. The zero-order valence-corrected chi connectivity index (χ0v) is 9.29. The molecule has 3 rings (SSSR count). The first kappa shape index (κ1) is 9.43. The minimum absolute atomic E-state index is 0.941. The van der Waals surface area contributed by atoms with E-state index in [1.165, 1.54) is 5.39 Å². The highest BCUT2D eigenvalue weighted by Gasteiger charge is 2.04. The normalized spacial score (nSPS) is 10.8. The number of benzene rings is 2. The van der Waals surface area contributed by atoms with Crippen LogP contribution in [-0.4, -0.2) is 10.4 Å². The first-order chi connectivity index (χ1) is 7.90. The Morgan fingerprint density at radius 1 is 1.00 bits per heavy atom. The maximum absolute atomic E-state index is 4.93. The lowest BCUT2D eigenvalue weighted by atomic mass is 10.0. The van der Waals surface area contributed by atoms with Gasteiger partial charge in [0.1, 0.15) is 0 Å². The summed E-state index contributed by atoms with van der Waals surface area (Å²) in [5, 5.41) is 6.21. The molecule has 0 unspecified atom stereocenters. The maximum atomic E-state index is 4.93. The molecule has 16 heavy (non-hydrogen) atoms. The van der Waals surface area contributed by atoms with E-state index in [2.05, 4.69) is 22.5 Å². The van der Waals surface area contributed by atoms with E-state index in [0.29, 0.717) is 0 Å². The van der Waals surface area contributed by atoms with Gasteiger partial charge >= 0.3 is 0 Å². The summed E-state index contributed by atoms with van der Waals surface area (Å²) in [6.45, 7) is 0. The first-order valence-corrected chi connectivity index (χ1v) is 5.45. The van der Waals surface area contributed by atoms with Crippen LogP contribution in [-0.2, 0) is 0 Å². The molecule has 1 nitrogen and oxygen atoms in total. The van der Waals surface area contributed by atoms with Gasteiger partial charge in [-0.1, -0.05) is 48.6 Å². The fourth-order valence-electron chi connectivity index (χ4n) is 1.99. The summed E-state index contributed by atoms with van der Waals surface area (Å²) in [6, 6.07) is 14.1. The van der Waals surface area contributed by atoms with Gasteiger partial charge in [0.2, 0.25) is 0 Å². The number of rotatable bonds is 1. The number of nitrogens with zero attached hydrogens (tertiary/aromatic N) is 1. The van der Waals surface area contributed by atoms with E-state index in [0.717, 1.165) is 21.9 Å². The van der Waals surface area contributed by atoms with Crippen LogP contribution in [0.3, 0.4) is 0 Å². The van der Waals surface area contributed by atoms with Crippen molar-refractivity contribution in [1.29, 1.82) is 0 Å². The molecular weight excluding hydrogens is 214 g/mol. The molecule has 0 aliphatic carbocycles. The quantitative estimate of drug-likeness (QED) is 0.461. The molecule has 1 aromatic heterocycles. The number of aromatic nitrogens is 1. The van der Waals surface area contributed by atoms with Crippen LogP contribution >= 0.6 is 12.2 Å². The molecule has 1 radical (unpaired) electrons. The second-order valence-electron chi connectivity index (χ2n) is 3.65. The Morgan fingerprint density at radius 3 is 2.75 bits per heavy atom. The topological polar surface area (TPSA) is 12.9 Å². The maximum Gasteiger partial charge on any atom is 0.0715 e. The van der Waals surface area contributed by atoms with Crippen molar-refractivity contribution in [3.63, 3.8) is 0 Å². The summed E-state index contributed by atoms with van der Waals surface area (Å²) in [5.41, 5.74) is 1.91. The second kappa shape index (κ2) is 3.65. The van der Waals surface area contributed by atoms with Gasteiger partial charge in [0.15, 0.2) is 0 Å². The SMILES string of the molecule is S=[C]c1cccc2ncc3ccccc3c12. The third kappa shape index (κ3) is 1.31. The van der Waals surface area contributed by atoms with Crippen molar-refractivity contribution in [2.45, 2.75) is 0 Å². The molecule has 0 amide bonds. The lowest BCUT2D eigenvalue weighted by Gasteiger charge is -2.05. The van der Waals surface area contributed by atoms with E-state index in [-0.39, 0.29) is 0 Å². The van der Waals surface area contributed by atoms with Gasteiger partial charge < -0.3 is 0 Å². The van der Waals surface area contributed by atoms with Crippen LogP contribution < -0.4 is 0 Å². The predicted molar refractivity (Wildman–Crippen MR) is 70.9 cm³/mol. The second-order valence-corrected chi connectivity index (χ2v) is 3.85. The van der Waals surface area contributed by atoms with Crippen molar-refractivity contribution in [2.75, 3.05) is 0 Å². The lowest BCUT2D eigenvalue weighted by Crippen LogP contribution is -1.87. The fraction of sp³-hybridized carbons (Fsp3) is 0. The number of hydrogen-bond acceptors (Lipinski definition) is 2. The number of thiocarbonyl (C=S) groups is 1. The van der Waals surface area contributed by atoms with Crippen LogP contribution in [0.1, 0.15) is 5.56 Å². The molecule has 0 saturated heterocycles. The van der Waals surface area contributed by atoms with Crippen LogP contribution in [0.15, 0.2) is 48.7 Å². The van der Waals surface area contributed by atoms with Crippen LogP contribution in [0.4, 0.5) is 0 Å².